The summed E-state index contributed by atoms with van der Waals surface area (Å²) < 4.78 is 1.81. The normalized spacial score (nSPS) is 22.2. The lowest BCUT2D eigenvalue weighted by atomic mass is 9.63. The summed E-state index contributed by atoms with van der Waals surface area (Å²) in [6.07, 6.45) is 3.23. The molecule has 6 rings (SSSR count). The van der Waals surface area contributed by atoms with Crippen LogP contribution in [0.3, 0.4) is 0 Å². The summed E-state index contributed by atoms with van der Waals surface area (Å²) in [7, 11) is 0. The number of rotatable bonds is 4. The Morgan fingerprint density at radius 1 is 0.971 bits per heavy atom. The highest BCUT2D eigenvalue weighted by atomic mass is 16.6. The molecule has 1 aliphatic carbocycles. The lowest BCUT2D eigenvalue weighted by Gasteiger charge is -2.51. The van der Waals surface area contributed by atoms with Gasteiger partial charge in [-0.3, -0.25) is 4.84 Å². The minimum atomic E-state index is -0.434. The number of nitrogens with zero attached hydrogens (tertiary/aromatic N) is 4. The maximum absolute atomic E-state index is 6.65. The fourth-order valence-electron chi connectivity index (χ4n) is 5.24. The number of benzene rings is 2. The first kappa shape index (κ1) is 20.9. The van der Waals surface area contributed by atoms with Crippen molar-refractivity contribution in [3.05, 3.63) is 84.2 Å². The molecule has 3 aromatic heterocycles. The van der Waals surface area contributed by atoms with E-state index < -0.39 is 5.54 Å². The molecule has 0 bridgehead atoms. The fraction of sp³-hybridized carbons (Fsp3) is 0.222. The average Bonchev–Trinajstić information content (AvgIpc) is 3.23. The van der Waals surface area contributed by atoms with Crippen LogP contribution in [0.4, 0.5) is 0 Å². The molecule has 1 fully saturated rings. The Labute approximate surface area is 197 Å². The first-order valence-electron chi connectivity index (χ1n) is 11.4. The van der Waals surface area contributed by atoms with Crippen molar-refractivity contribution in [2.24, 2.45) is 11.6 Å². The van der Waals surface area contributed by atoms with Gasteiger partial charge in [-0.25, -0.2) is 15.9 Å². The smallest absolute Gasteiger partial charge is 0.165 e. The SMILES string of the molecule is Cc1cc2ncc3cc(-c4ccccc4)c(-c4ccc([C@]5(N)C[C@](C)(ON)C5)cc4)nc3n2n1. The molecule has 7 heteroatoms. The van der Waals surface area contributed by atoms with Crippen molar-refractivity contribution in [1.29, 1.82) is 0 Å². The highest BCUT2D eigenvalue weighted by Gasteiger charge is 2.51. The van der Waals surface area contributed by atoms with Crippen LogP contribution < -0.4 is 11.6 Å². The highest BCUT2D eigenvalue weighted by molar-refractivity contribution is 5.90. The van der Waals surface area contributed by atoms with Gasteiger partial charge in [-0.2, -0.15) is 9.61 Å². The van der Waals surface area contributed by atoms with Crippen LogP contribution in [-0.4, -0.2) is 25.2 Å². The summed E-state index contributed by atoms with van der Waals surface area (Å²) in [5.41, 5.74) is 13.4. The van der Waals surface area contributed by atoms with Crippen LogP contribution in [0.1, 0.15) is 31.0 Å². The van der Waals surface area contributed by atoms with Gasteiger partial charge < -0.3 is 5.73 Å². The van der Waals surface area contributed by atoms with Crippen molar-refractivity contribution in [3.63, 3.8) is 0 Å². The Morgan fingerprint density at radius 3 is 2.41 bits per heavy atom. The van der Waals surface area contributed by atoms with Crippen LogP contribution in [0.5, 0.6) is 0 Å². The van der Waals surface area contributed by atoms with Gasteiger partial charge in [-0.1, -0.05) is 54.6 Å². The van der Waals surface area contributed by atoms with E-state index in [0.29, 0.717) is 12.8 Å². The average molecular weight is 451 g/mol. The first-order chi connectivity index (χ1) is 16.4. The second-order valence-electron chi connectivity index (χ2n) is 9.63. The molecule has 1 aliphatic rings. The molecular weight excluding hydrogens is 424 g/mol. The van der Waals surface area contributed by atoms with Crippen molar-refractivity contribution >= 4 is 16.7 Å². The number of fused-ring (bicyclic) bond motifs is 3. The van der Waals surface area contributed by atoms with Gasteiger partial charge in [0.25, 0.3) is 0 Å². The molecule has 3 heterocycles. The van der Waals surface area contributed by atoms with E-state index in [2.05, 4.69) is 52.5 Å². The van der Waals surface area contributed by atoms with E-state index in [1.54, 1.807) is 0 Å². The molecule has 0 aliphatic heterocycles. The zero-order valence-corrected chi connectivity index (χ0v) is 19.2. The zero-order chi connectivity index (χ0) is 23.5. The minimum absolute atomic E-state index is 0.366. The Morgan fingerprint density at radius 2 is 1.71 bits per heavy atom. The van der Waals surface area contributed by atoms with E-state index >= 15 is 0 Å². The zero-order valence-electron chi connectivity index (χ0n) is 19.2. The number of aromatic nitrogens is 4. The second kappa shape index (κ2) is 7.43. The second-order valence-corrected chi connectivity index (χ2v) is 9.63. The maximum Gasteiger partial charge on any atom is 0.165 e. The summed E-state index contributed by atoms with van der Waals surface area (Å²) in [6.45, 7) is 3.95. The minimum Gasteiger partial charge on any atom is -0.321 e. The molecule has 0 spiro atoms. The molecule has 0 saturated heterocycles. The Balaban J connectivity index is 1.50. The molecule has 0 atom stereocenters. The first-order valence-corrected chi connectivity index (χ1v) is 11.4. The predicted octanol–water partition coefficient (Wildman–Crippen LogP) is 4.52. The molecule has 170 valence electrons. The molecule has 4 N–H and O–H groups in total. The van der Waals surface area contributed by atoms with Crippen molar-refractivity contribution < 1.29 is 4.84 Å². The van der Waals surface area contributed by atoms with E-state index in [9.17, 15) is 0 Å². The predicted molar refractivity (Wildman–Crippen MR) is 133 cm³/mol. The molecule has 7 nitrogen and oxygen atoms in total. The van der Waals surface area contributed by atoms with Gasteiger partial charge in [0.15, 0.2) is 11.3 Å². The number of aryl methyl sites for hydroxylation is 1. The van der Waals surface area contributed by atoms with E-state index in [-0.39, 0.29) is 5.60 Å². The van der Waals surface area contributed by atoms with Crippen LogP contribution in [0.15, 0.2) is 72.9 Å². The third-order valence-electron chi connectivity index (χ3n) is 6.86. The molecule has 0 amide bonds. The van der Waals surface area contributed by atoms with Gasteiger partial charge in [0.05, 0.1) is 17.0 Å². The molecule has 0 radical (unpaired) electrons. The lowest BCUT2D eigenvalue weighted by Crippen LogP contribution is -2.60. The van der Waals surface area contributed by atoms with Crippen LogP contribution in [0.2, 0.25) is 0 Å². The Bertz CT molecular complexity index is 1520. The molecule has 5 aromatic rings. The van der Waals surface area contributed by atoms with Gasteiger partial charge in [-0.05, 0) is 31.0 Å². The summed E-state index contributed by atoms with van der Waals surface area (Å²) in [6, 6.07) is 22.8. The topological polar surface area (TPSA) is 104 Å². The van der Waals surface area contributed by atoms with Crippen molar-refractivity contribution in [2.75, 3.05) is 0 Å². The summed E-state index contributed by atoms with van der Waals surface area (Å²) in [5.74, 6) is 5.45. The molecule has 2 aromatic carbocycles. The van der Waals surface area contributed by atoms with Crippen molar-refractivity contribution in [2.45, 2.75) is 37.8 Å². The fourth-order valence-corrected chi connectivity index (χ4v) is 5.24. The lowest BCUT2D eigenvalue weighted by molar-refractivity contribution is -0.130. The van der Waals surface area contributed by atoms with E-state index in [4.69, 9.17) is 21.5 Å². The van der Waals surface area contributed by atoms with Crippen LogP contribution >= 0.6 is 0 Å². The van der Waals surface area contributed by atoms with Gasteiger partial charge >= 0.3 is 0 Å². The molecule has 34 heavy (non-hydrogen) atoms. The molecule has 1 saturated carbocycles. The molecular formula is C27H26N6O. The van der Waals surface area contributed by atoms with Gasteiger partial charge in [0.1, 0.15) is 0 Å². The van der Waals surface area contributed by atoms with Crippen molar-refractivity contribution in [3.8, 4) is 22.4 Å². The summed E-state index contributed by atoms with van der Waals surface area (Å²) in [4.78, 5) is 14.8. The van der Waals surface area contributed by atoms with E-state index in [1.165, 1.54) is 0 Å². The highest BCUT2D eigenvalue weighted by Crippen LogP contribution is 2.48. The van der Waals surface area contributed by atoms with Crippen LogP contribution in [-0.2, 0) is 10.4 Å². The largest absolute Gasteiger partial charge is 0.321 e. The number of hydrogen-bond acceptors (Lipinski definition) is 6. The van der Waals surface area contributed by atoms with Gasteiger partial charge in [-0.15, -0.1) is 0 Å². The number of pyridine rings is 1. The quantitative estimate of drug-likeness (QED) is 0.390. The standard InChI is InChI=1S/C27H26N6O/c1-17-12-23-30-14-20-13-22(18-6-4-3-5-7-18)24(31-25(20)33(23)32-17)19-8-10-21(11-9-19)27(28)15-26(2,16-27)34-29/h3-14H,15-16,28-29H2,1-2H3/t26-,27-. The Hall–Kier alpha value is -3.65. The van der Waals surface area contributed by atoms with Gasteiger partial charge in [0, 0.05) is 47.2 Å². The monoisotopic (exact) mass is 450 g/mol. The number of nitrogens with two attached hydrogens (primary N) is 2. The third-order valence-corrected chi connectivity index (χ3v) is 6.86. The molecule has 0 unspecified atom stereocenters. The Kier molecular flexibility index (Phi) is 4.57. The van der Waals surface area contributed by atoms with E-state index in [1.807, 2.05) is 48.8 Å². The third kappa shape index (κ3) is 3.28. The maximum atomic E-state index is 6.65. The summed E-state index contributed by atoms with van der Waals surface area (Å²) >= 11 is 0. The van der Waals surface area contributed by atoms with Gasteiger partial charge in [0.2, 0.25) is 0 Å². The van der Waals surface area contributed by atoms with E-state index in [0.717, 1.165) is 50.3 Å². The van der Waals surface area contributed by atoms with Crippen molar-refractivity contribution in [1.82, 2.24) is 19.6 Å². The van der Waals surface area contributed by atoms with Crippen LogP contribution in [0.25, 0.3) is 39.1 Å². The number of hydrogen-bond donors (Lipinski definition) is 2. The van der Waals surface area contributed by atoms with Crippen LogP contribution in [0, 0.1) is 6.92 Å². The summed E-state index contributed by atoms with van der Waals surface area (Å²) in [5, 5.41) is 5.55.